The molecule has 43 heavy (non-hydrogen) atoms. The van der Waals surface area contributed by atoms with Crippen LogP contribution in [0.2, 0.25) is 0 Å². The molecule has 2 N–H and O–H groups in total. The van der Waals surface area contributed by atoms with E-state index in [0.29, 0.717) is 47.7 Å². The molecule has 0 saturated carbocycles. The van der Waals surface area contributed by atoms with E-state index in [2.05, 4.69) is 10.6 Å². The molecular weight excluding hydrogens is 583 g/mol. The fraction of sp³-hybridized carbons (Fsp3) is 0.273. The first-order valence-electron chi connectivity index (χ1n) is 14.2. The third-order valence-corrected chi connectivity index (χ3v) is 9.75. The van der Waals surface area contributed by atoms with Crippen molar-refractivity contribution >= 4 is 68.3 Å². The summed E-state index contributed by atoms with van der Waals surface area (Å²) in [7, 11) is 0. The average molecular weight is 616 g/mol. The van der Waals surface area contributed by atoms with E-state index in [-0.39, 0.29) is 24.3 Å². The number of nitrogens with one attached hydrogen (secondary N) is 2. The highest BCUT2D eigenvalue weighted by molar-refractivity contribution is 8.00. The second-order valence-corrected chi connectivity index (χ2v) is 12.5. The van der Waals surface area contributed by atoms with E-state index >= 15 is 0 Å². The van der Waals surface area contributed by atoms with Crippen molar-refractivity contribution in [2.75, 3.05) is 23.8 Å². The van der Waals surface area contributed by atoms with Gasteiger partial charge in [-0.1, -0.05) is 43.3 Å². The summed E-state index contributed by atoms with van der Waals surface area (Å²) in [5.74, 6) is -0.942. The van der Waals surface area contributed by atoms with Gasteiger partial charge in [0.25, 0.3) is 5.91 Å². The van der Waals surface area contributed by atoms with Gasteiger partial charge >= 0.3 is 5.97 Å². The lowest BCUT2D eigenvalue weighted by molar-refractivity contribution is -0.129. The number of hydrogen-bond acceptors (Lipinski definition) is 7. The van der Waals surface area contributed by atoms with Crippen LogP contribution < -0.4 is 10.6 Å². The van der Waals surface area contributed by atoms with Crippen LogP contribution in [0.4, 0.5) is 10.7 Å². The highest BCUT2D eigenvalue weighted by Gasteiger charge is 2.31. The molecule has 4 aromatic rings. The van der Waals surface area contributed by atoms with E-state index in [0.717, 1.165) is 26.1 Å². The third kappa shape index (κ3) is 6.92. The number of thioether (sulfide) groups is 1. The van der Waals surface area contributed by atoms with Gasteiger partial charge in [-0.2, -0.15) is 0 Å². The molecule has 222 valence electrons. The maximum atomic E-state index is 13.5. The number of esters is 1. The first-order chi connectivity index (χ1) is 20.8. The second kappa shape index (κ2) is 13.4. The average Bonchev–Trinajstić information content (AvgIpc) is 3.36. The summed E-state index contributed by atoms with van der Waals surface area (Å²) in [5, 5.41) is 8.01. The standard InChI is InChI=1S/C33H33N3O5S2/c1-4-27(31(39)35-32-29(33(40)41-5-2)26-15-16-36(20(3)37)19-28(26)43-32)42-25-12-8-11-24(18-25)34-30(38)23-14-13-21-9-6-7-10-22(21)17-23/h6-14,17-18,27H,4-5,15-16,19H2,1-3H3,(H,34,38)(H,35,39). The van der Waals surface area contributed by atoms with Gasteiger partial charge in [-0.25, -0.2) is 4.79 Å². The van der Waals surface area contributed by atoms with Gasteiger partial charge in [0, 0.05) is 34.5 Å². The molecule has 0 spiro atoms. The number of amides is 3. The Kier molecular flexibility index (Phi) is 9.47. The number of thiophene rings is 1. The van der Waals surface area contributed by atoms with Crippen molar-refractivity contribution in [3.05, 3.63) is 88.3 Å². The lowest BCUT2D eigenvalue weighted by Crippen LogP contribution is -2.34. The maximum Gasteiger partial charge on any atom is 0.341 e. The van der Waals surface area contributed by atoms with Gasteiger partial charge < -0.3 is 20.3 Å². The molecule has 1 aliphatic heterocycles. The Morgan fingerprint density at radius 3 is 2.51 bits per heavy atom. The summed E-state index contributed by atoms with van der Waals surface area (Å²) in [4.78, 5) is 54.8. The Hall–Kier alpha value is -4.15. The fourth-order valence-corrected chi connectivity index (χ4v) is 7.31. The number of fused-ring (bicyclic) bond motifs is 2. The van der Waals surface area contributed by atoms with Crippen molar-refractivity contribution in [3.8, 4) is 0 Å². The van der Waals surface area contributed by atoms with Crippen LogP contribution in [0.3, 0.4) is 0 Å². The van der Waals surface area contributed by atoms with Crippen LogP contribution in [-0.2, 0) is 27.3 Å². The lowest BCUT2D eigenvalue weighted by atomic mass is 10.0. The van der Waals surface area contributed by atoms with Gasteiger partial charge in [-0.3, -0.25) is 14.4 Å². The molecule has 1 unspecified atom stereocenters. The molecular formula is C33H33N3O5S2. The molecule has 1 atom stereocenters. The number of anilines is 2. The van der Waals surface area contributed by atoms with Crippen molar-refractivity contribution in [1.82, 2.24) is 4.90 Å². The quantitative estimate of drug-likeness (QED) is 0.160. The summed E-state index contributed by atoms with van der Waals surface area (Å²) in [6, 6.07) is 20.9. The number of carbonyl (C=O) groups excluding carboxylic acids is 4. The first-order valence-corrected chi connectivity index (χ1v) is 15.9. The van der Waals surface area contributed by atoms with Gasteiger partial charge in [0.05, 0.1) is 24.0 Å². The fourth-order valence-electron chi connectivity index (χ4n) is 5.04. The van der Waals surface area contributed by atoms with Crippen LogP contribution in [0.5, 0.6) is 0 Å². The largest absolute Gasteiger partial charge is 0.462 e. The molecule has 3 aromatic carbocycles. The van der Waals surface area contributed by atoms with Gasteiger partial charge in [-0.15, -0.1) is 23.1 Å². The summed E-state index contributed by atoms with van der Waals surface area (Å²) >= 11 is 2.72. The lowest BCUT2D eigenvalue weighted by Gasteiger charge is -2.25. The summed E-state index contributed by atoms with van der Waals surface area (Å²) in [6.45, 7) is 6.34. The number of ether oxygens (including phenoxy) is 1. The van der Waals surface area contributed by atoms with E-state index in [1.54, 1.807) is 17.9 Å². The first kappa shape index (κ1) is 30.3. The number of hydrogen-bond donors (Lipinski definition) is 2. The molecule has 0 fully saturated rings. The molecule has 8 nitrogen and oxygen atoms in total. The molecule has 2 heterocycles. The van der Waals surface area contributed by atoms with Crippen molar-refractivity contribution in [1.29, 1.82) is 0 Å². The predicted molar refractivity (Wildman–Crippen MR) is 172 cm³/mol. The van der Waals surface area contributed by atoms with Crippen molar-refractivity contribution in [2.45, 2.75) is 50.3 Å². The Bertz CT molecular complexity index is 1700. The SMILES string of the molecule is CCOC(=O)c1c(NC(=O)C(CC)Sc2cccc(NC(=O)c3ccc4ccccc4c3)c2)sc2c1CCN(C(C)=O)C2. The van der Waals surface area contributed by atoms with Crippen LogP contribution in [0.25, 0.3) is 10.8 Å². The summed E-state index contributed by atoms with van der Waals surface area (Å²) in [6.07, 6.45) is 1.07. The monoisotopic (exact) mass is 615 g/mol. The maximum absolute atomic E-state index is 13.5. The van der Waals surface area contributed by atoms with Gasteiger partial charge in [0.1, 0.15) is 5.00 Å². The van der Waals surface area contributed by atoms with Crippen LogP contribution >= 0.6 is 23.1 Å². The van der Waals surface area contributed by atoms with Crippen molar-refractivity contribution in [3.63, 3.8) is 0 Å². The minimum absolute atomic E-state index is 0.0274. The van der Waals surface area contributed by atoms with E-state index in [1.807, 2.05) is 67.6 Å². The molecule has 3 amide bonds. The Balaban J connectivity index is 1.30. The molecule has 1 aromatic heterocycles. The molecule has 0 saturated heterocycles. The van der Waals surface area contributed by atoms with Crippen LogP contribution in [0.15, 0.2) is 71.6 Å². The van der Waals surface area contributed by atoms with E-state index < -0.39 is 11.2 Å². The molecule has 1 aliphatic rings. The topological polar surface area (TPSA) is 105 Å². The van der Waals surface area contributed by atoms with E-state index in [4.69, 9.17) is 4.74 Å². The molecule has 0 bridgehead atoms. The zero-order valence-corrected chi connectivity index (χ0v) is 25.9. The minimum atomic E-state index is -0.470. The third-order valence-electron chi connectivity index (χ3n) is 7.26. The number of nitrogens with zero attached hydrogens (tertiary/aromatic N) is 1. The number of rotatable bonds is 9. The second-order valence-electron chi connectivity index (χ2n) is 10.2. The Morgan fingerprint density at radius 2 is 1.77 bits per heavy atom. The predicted octanol–water partition coefficient (Wildman–Crippen LogP) is 6.74. The molecule has 0 radical (unpaired) electrons. The van der Waals surface area contributed by atoms with Gasteiger partial charge in [0.15, 0.2) is 0 Å². The highest BCUT2D eigenvalue weighted by atomic mass is 32.2. The smallest absolute Gasteiger partial charge is 0.341 e. The van der Waals surface area contributed by atoms with E-state index in [1.165, 1.54) is 30.0 Å². The molecule has 10 heteroatoms. The normalized spacial score (nSPS) is 13.2. The Morgan fingerprint density at radius 1 is 0.977 bits per heavy atom. The highest BCUT2D eigenvalue weighted by Crippen LogP contribution is 2.38. The summed E-state index contributed by atoms with van der Waals surface area (Å²) in [5.41, 5.74) is 2.41. The summed E-state index contributed by atoms with van der Waals surface area (Å²) < 4.78 is 5.33. The van der Waals surface area contributed by atoms with Crippen LogP contribution in [-0.4, -0.2) is 47.0 Å². The van der Waals surface area contributed by atoms with Crippen molar-refractivity contribution < 1.29 is 23.9 Å². The van der Waals surface area contributed by atoms with Crippen LogP contribution in [0, 0.1) is 0 Å². The number of benzene rings is 3. The zero-order chi connectivity index (χ0) is 30.5. The Labute approximate surface area is 258 Å². The van der Waals surface area contributed by atoms with E-state index in [9.17, 15) is 19.2 Å². The van der Waals surface area contributed by atoms with Crippen molar-refractivity contribution in [2.24, 2.45) is 0 Å². The molecule has 5 rings (SSSR count). The van der Waals surface area contributed by atoms with Gasteiger partial charge in [-0.05, 0) is 66.4 Å². The van der Waals surface area contributed by atoms with Crippen LogP contribution in [0.1, 0.15) is 58.3 Å². The minimum Gasteiger partial charge on any atom is -0.462 e. The number of carbonyl (C=O) groups is 4. The molecule has 0 aliphatic carbocycles. The van der Waals surface area contributed by atoms with Gasteiger partial charge in [0.2, 0.25) is 11.8 Å². The zero-order valence-electron chi connectivity index (χ0n) is 24.3.